The van der Waals surface area contributed by atoms with Crippen molar-refractivity contribution in [2.24, 2.45) is 5.41 Å². The lowest BCUT2D eigenvalue weighted by Crippen LogP contribution is -2.12. The van der Waals surface area contributed by atoms with Crippen LogP contribution in [0, 0.1) is 12.3 Å². The van der Waals surface area contributed by atoms with E-state index >= 15 is 0 Å². The highest BCUT2D eigenvalue weighted by Gasteiger charge is 2.36. The summed E-state index contributed by atoms with van der Waals surface area (Å²) in [6.45, 7) is 5.36. The van der Waals surface area contributed by atoms with Crippen LogP contribution in [-0.2, 0) is 0 Å². The maximum atomic E-state index is 4.45. The highest BCUT2D eigenvalue weighted by molar-refractivity contribution is 9.10. The Hall–Kier alpha value is -0.570. The third kappa shape index (κ3) is 2.27. The van der Waals surface area contributed by atoms with E-state index in [0.717, 1.165) is 22.5 Å². The molecule has 1 N–H and O–H groups in total. The van der Waals surface area contributed by atoms with E-state index in [0.29, 0.717) is 5.41 Å². The molecule has 76 valence electrons. The normalized spacial score (nSPS) is 17.9. The molecule has 1 fully saturated rings. The monoisotopic (exact) mass is 254 g/mol. The van der Waals surface area contributed by atoms with Crippen molar-refractivity contribution >= 4 is 21.7 Å². The number of hydrogen-bond acceptors (Lipinski definition) is 2. The van der Waals surface area contributed by atoms with E-state index in [4.69, 9.17) is 0 Å². The number of aromatic nitrogens is 1. The molecule has 0 radical (unpaired) electrons. The lowest BCUT2D eigenvalue weighted by atomic mass is 10.1. The lowest BCUT2D eigenvalue weighted by molar-refractivity contribution is 0.609. The first-order chi connectivity index (χ1) is 6.59. The molecule has 1 aliphatic carbocycles. The average Bonchev–Trinajstić information content (AvgIpc) is 2.87. The Morgan fingerprint density at radius 3 is 2.79 bits per heavy atom. The van der Waals surface area contributed by atoms with Crippen molar-refractivity contribution in [1.82, 2.24) is 4.98 Å². The summed E-state index contributed by atoms with van der Waals surface area (Å²) in [5.41, 5.74) is 1.57. The molecule has 0 bridgehead atoms. The van der Waals surface area contributed by atoms with Crippen LogP contribution >= 0.6 is 15.9 Å². The molecule has 0 aromatic carbocycles. The molecule has 1 aliphatic rings. The van der Waals surface area contributed by atoms with E-state index in [1.54, 1.807) is 0 Å². The second-order valence-electron chi connectivity index (χ2n) is 4.43. The Labute approximate surface area is 93.3 Å². The van der Waals surface area contributed by atoms with Crippen LogP contribution in [0.25, 0.3) is 0 Å². The average molecular weight is 255 g/mol. The summed E-state index contributed by atoms with van der Waals surface area (Å²) in [6.07, 6.45) is 2.69. The van der Waals surface area contributed by atoms with Gasteiger partial charge in [0, 0.05) is 11.0 Å². The zero-order valence-electron chi connectivity index (χ0n) is 8.60. The van der Waals surface area contributed by atoms with Gasteiger partial charge in [0.15, 0.2) is 0 Å². The molecule has 2 nitrogen and oxygen atoms in total. The van der Waals surface area contributed by atoms with E-state index in [1.165, 1.54) is 12.8 Å². The summed E-state index contributed by atoms with van der Waals surface area (Å²) in [4.78, 5) is 4.45. The Balaban J connectivity index is 1.99. The topological polar surface area (TPSA) is 24.9 Å². The number of anilines is 1. The van der Waals surface area contributed by atoms with Crippen molar-refractivity contribution in [3.63, 3.8) is 0 Å². The molecular weight excluding hydrogens is 240 g/mol. The van der Waals surface area contributed by atoms with Gasteiger partial charge in [-0.25, -0.2) is 4.98 Å². The number of rotatable bonds is 3. The van der Waals surface area contributed by atoms with Crippen LogP contribution in [0.1, 0.15) is 25.5 Å². The second-order valence-corrected chi connectivity index (χ2v) is 5.28. The Kier molecular flexibility index (Phi) is 2.52. The number of aryl methyl sites for hydroxylation is 1. The van der Waals surface area contributed by atoms with E-state index in [1.807, 2.05) is 19.1 Å². The van der Waals surface area contributed by atoms with Crippen LogP contribution in [0.3, 0.4) is 0 Å². The fourth-order valence-electron chi connectivity index (χ4n) is 1.34. The molecule has 0 amide bonds. The molecule has 0 saturated heterocycles. The maximum Gasteiger partial charge on any atom is 0.126 e. The van der Waals surface area contributed by atoms with Crippen molar-refractivity contribution in [3.8, 4) is 0 Å². The molecule has 0 unspecified atom stereocenters. The van der Waals surface area contributed by atoms with Gasteiger partial charge in [0.1, 0.15) is 5.82 Å². The van der Waals surface area contributed by atoms with Gasteiger partial charge in [0.2, 0.25) is 0 Å². The van der Waals surface area contributed by atoms with Crippen molar-refractivity contribution in [3.05, 3.63) is 22.3 Å². The zero-order valence-corrected chi connectivity index (χ0v) is 10.2. The summed E-state index contributed by atoms with van der Waals surface area (Å²) in [7, 11) is 0. The maximum absolute atomic E-state index is 4.45. The molecule has 0 spiro atoms. The predicted octanol–water partition coefficient (Wildman–Crippen LogP) is 3.36. The van der Waals surface area contributed by atoms with Gasteiger partial charge in [-0.3, -0.25) is 0 Å². The summed E-state index contributed by atoms with van der Waals surface area (Å²) < 4.78 is 1.07. The predicted molar refractivity (Wildman–Crippen MR) is 62.5 cm³/mol. The van der Waals surface area contributed by atoms with Crippen molar-refractivity contribution < 1.29 is 0 Å². The number of hydrogen-bond donors (Lipinski definition) is 1. The molecule has 1 heterocycles. The molecule has 3 heteroatoms. The van der Waals surface area contributed by atoms with E-state index in [-0.39, 0.29) is 0 Å². The fourth-order valence-corrected chi connectivity index (χ4v) is 1.56. The number of nitrogens with zero attached hydrogens (tertiary/aromatic N) is 1. The third-order valence-electron chi connectivity index (χ3n) is 2.82. The minimum Gasteiger partial charge on any atom is -0.370 e. The van der Waals surface area contributed by atoms with E-state index in [2.05, 4.69) is 33.2 Å². The van der Waals surface area contributed by atoms with Gasteiger partial charge >= 0.3 is 0 Å². The molecule has 1 aromatic heterocycles. The molecule has 2 rings (SSSR count). The second kappa shape index (κ2) is 3.54. The van der Waals surface area contributed by atoms with Crippen LogP contribution in [0.2, 0.25) is 0 Å². The molecular formula is C11H15BrN2. The highest BCUT2D eigenvalue weighted by atomic mass is 79.9. The van der Waals surface area contributed by atoms with Crippen LogP contribution in [0.5, 0.6) is 0 Å². The van der Waals surface area contributed by atoms with Crippen LogP contribution < -0.4 is 5.32 Å². The first kappa shape index (κ1) is 9.97. The fraction of sp³-hybridized carbons (Fsp3) is 0.545. The minimum atomic E-state index is 0.530. The molecule has 0 atom stereocenters. The van der Waals surface area contributed by atoms with Crippen LogP contribution in [0.15, 0.2) is 16.6 Å². The summed E-state index contributed by atoms with van der Waals surface area (Å²) in [6, 6.07) is 4.06. The molecule has 1 saturated carbocycles. The van der Waals surface area contributed by atoms with Gasteiger partial charge in [-0.1, -0.05) is 6.92 Å². The zero-order chi connectivity index (χ0) is 10.2. The van der Waals surface area contributed by atoms with Gasteiger partial charge in [0.25, 0.3) is 0 Å². The number of halogens is 1. The van der Waals surface area contributed by atoms with E-state index < -0.39 is 0 Å². The largest absolute Gasteiger partial charge is 0.370 e. The van der Waals surface area contributed by atoms with Gasteiger partial charge in [-0.05, 0) is 53.2 Å². The third-order valence-corrected chi connectivity index (χ3v) is 3.66. The standard InChI is InChI=1S/C11H15BrN2/c1-8-9(12)3-4-10(14-8)13-7-11(2)5-6-11/h3-4H,5-7H2,1-2H3,(H,13,14). The van der Waals surface area contributed by atoms with Gasteiger partial charge in [-0.15, -0.1) is 0 Å². The lowest BCUT2D eigenvalue weighted by Gasteiger charge is -2.11. The van der Waals surface area contributed by atoms with Crippen LogP contribution in [-0.4, -0.2) is 11.5 Å². The highest BCUT2D eigenvalue weighted by Crippen LogP contribution is 2.44. The Morgan fingerprint density at radius 2 is 2.21 bits per heavy atom. The Bertz CT molecular complexity index is 345. The van der Waals surface area contributed by atoms with Gasteiger partial charge in [-0.2, -0.15) is 0 Å². The quantitative estimate of drug-likeness (QED) is 0.895. The smallest absolute Gasteiger partial charge is 0.126 e. The van der Waals surface area contributed by atoms with E-state index in [9.17, 15) is 0 Å². The number of pyridine rings is 1. The summed E-state index contributed by atoms with van der Waals surface area (Å²) in [5, 5.41) is 3.38. The first-order valence-electron chi connectivity index (χ1n) is 4.96. The summed E-state index contributed by atoms with van der Waals surface area (Å²) in [5.74, 6) is 0.985. The number of nitrogens with one attached hydrogen (secondary N) is 1. The first-order valence-corrected chi connectivity index (χ1v) is 5.75. The Morgan fingerprint density at radius 1 is 1.50 bits per heavy atom. The molecule has 1 aromatic rings. The van der Waals surface area contributed by atoms with Gasteiger partial charge in [0.05, 0.1) is 5.69 Å². The van der Waals surface area contributed by atoms with Crippen molar-refractivity contribution in [2.75, 3.05) is 11.9 Å². The summed E-state index contributed by atoms with van der Waals surface area (Å²) >= 11 is 3.44. The molecule has 14 heavy (non-hydrogen) atoms. The van der Waals surface area contributed by atoms with Crippen molar-refractivity contribution in [1.29, 1.82) is 0 Å². The van der Waals surface area contributed by atoms with Crippen molar-refractivity contribution in [2.45, 2.75) is 26.7 Å². The minimum absolute atomic E-state index is 0.530. The van der Waals surface area contributed by atoms with Crippen LogP contribution in [0.4, 0.5) is 5.82 Å². The molecule has 0 aliphatic heterocycles. The SMILES string of the molecule is Cc1nc(NCC2(C)CC2)ccc1Br. The van der Waals surface area contributed by atoms with Gasteiger partial charge < -0.3 is 5.32 Å².